The number of hydrogen-bond acceptors (Lipinski definition) is 4. The topological polar surface area (TPSA) is 50.4 Å². The van der Waals surface area contributed by atoms with Crippen molar-refractivity contribution in [2.75, 3.05) is 40.0 Å². The first-order valence-electron chi connectivity index (χ1n) is 11.7. The van der Waals surface area contributed by atoms with Crippen LogP contribution in [0, 0.1) is 12.7 Å². The summed E-state index contributed by atoms with van der Waals surface area (Å²) in [6.07, 6.45) is 6.16. The first-order chi connectivity index (χ1) is 15.6. The van der Waals surface area contributed by atoms with Gasteiger partial charge in [0.25, 0.3) is 0 Å². The Morgan fingerprint density at radius 3 is 2.75 bits per heavy atom. The van der Waals surface area contributed by atoms with Crippen molar-refractivity contribution in [1.29, 1.82) is 0 Å². The molecule has 0 aliphatic carbocycles. The molecule has 1 saturated heterocycles. The summed E-state index contributed by atoms with van der Waals surface area (Å²) in [7, 11) is 1.62. The van der Waals surface area contributed by atoms with Crippen LogP contribution in [0.1, 0.15) is 49.7 Å². The van der Waals surface area contributed by atoms with Crippen LogP contribution in [0.2, 0.25) is 0 Å². The maximum absolute atomic E-state index is 14.7. The summed E-state index contributed by atoms with van der Waals surface area (Å²) in [6, 6.07) is 8.33. The number of hydrogen-bond donors (Lipinski definition) is 1. The van der Waals surface area contributed by atoms with Crippen molar-refractivity contribution in [3.05, 3.63) is 47.4 Å². The van der Waals surface area contributed by atoms with E-state index in [2.05, 4.69) is 46.9 Å². The van der Waals surface area contributed by atoms with Gasteiger partial charge in [0.15, 0.2) is 5.82 Å². The average molecular weight is 440 g/mol. The molecular formula is C26H34FN3O2. The number of pyridine rings is 1. The van der Waals surface area contributed by atoms with Gasteiger partial charge in [-0.25, -0.2) is 9.37 Å². The van der Waals surface area contributed by atoms with Crippen molar-refractivity contribution in [3.63, 3.8) is 0 Å². The average Bonchev–Trinajstić information content (AvgIpc) is 3.15. The van der Waals surface area contributed by atoms with Crippen LogP contribution in [-0.2, 0) is 4.74 Å². The lowest BCUT2D eigenvalue weighted by molar-refractivity contribution is 0.143. The van der Waals surface area contributed by atoms with E-state index >= 15 is 0 Å². The monoisotopic (exact) mass is 439 g/mol. The number of benzene rings is 1. The normalized spacial score (nSPS) is 15.5. The first-order valence-corrected chi connectivity index (χ1v) is 11.7. The van der Waals surface area contributed by atoms with Crippen LogP contribution < -0.4 is 4.74 Å². The summed E-state index contributed by atoms with van der Waals surface area (Å²) in [5, 5.41) is 1.16. The molecule has 1 aliphatic heterocycles. The number of nitrogens with zero attached hydrogens (tertiary/aromatic N) is 2. The van der Waals surface area contributed by atoms with Gasteiger partial charge >= 0.3 is 0 Å². The third-order valence-electron chi connectivity index (χ3n) is 6.61. The predicted octanol–water partition coefficient (Wildman–Crippen LogP) is 5.68. The van der Waals surface area contributed by atoms with Gasteiger partial charge in [-0.1, -0.05) is 19.4 Å². The Hall–Kier alpha value is -2.44. The molecule has 5 nitrogen and oxygen atoms in total. The molecule has 1 N–H and O–H groups in total. The van der Waals surface area contributed by atoms with E-state index in [4.69, 9.17) is 9.47 Å². The standard InChI is InChI=1S/C26H34FN3O2/c1-4-5-10-30-11-8-19(9-12-30)20-6-7-24-21(15-20)18(2)26(29-24)22-16-25(28-17-23(22)27)32-14-13-31-3/h6-7,15-17,19,29H,4-5,8-14H2,1-3H3. The number of likely N-dealkylation sites (tertiary alicyclic amines) is 1. The largest absolute Gasteiger partial charge is 0.475 e. The molecule has 4 rings (SSSR count). The second-order valence-corrected chi connectivity index (χ2v) is 8.74. The zero-order valence-electron chi connectivity index (χ0n) is 19.4. The summed E-state index contributed by atoms with van der Waals surface area (Å²) in [6.45, 7) is 8.71. The van der Waals surface area contributed by atoms with Crippen molar-refractivity contribution in [2.45, 2.75) is 45.4 Å². The number of halogens is 1. The Labute approximate surface area is 189 Å². The quantitative estimate of drug-likeness (QED) is 0.436. The minimum Gasteiger partial charge on any atom is -0.475 e. The lowest BCUT2D eigenvalue weighted by atomic mass is 9.88. The number of nitrogens with one attached hydrogen (secondary N) is 1. The van der Waals surface area contributed by atoms with Gasteiger partial charge < -0.3 is 19.4 Å². The number of aromatic nitrogens is 2. The van der Waals surface area contributed by atoms with Gasteiger partial charge in [0, 0.05) is 29.6 Å². The fourth-order valence-corrected chi connectivity index (χ4v) is 4.66. The molecule has 0 unspecified atom stereocenters. The highest BCUT2D eigenvalue weighted by molar-refractivity contribution is 5.91. The van der Waals surface area contributed by atoms with Crippen molar-refractivity contribution in [2.24, 2.45) is 0 Å². The molecule has 1 aromatic carbocycles. The number of rotatable bonds is 9. The number of fused-ring (bicyclic) bond motifs is 1. The van der Waals surface area contributed by atoms with Gasteiger partial charge in [-0.2, -0.15) is 0 Å². The molecule has 6 heteroatoms. The smallest absolute Gasteiger partial charge is 0.214 e. The summed E-state index contributed by atoms with van der Waals surface area (Å²) >= 11 is 0. The third-order valence-corrected chi connectivity index (χ3v) is 6.61. The molecule has 2 aromatic heterocycles. The highest BCUT2D eigenvalue weighted by Gasteiger charge is 2.22. The summed E-state index contributed by atoms with van der Waals surface area (Å²) < 4.78 is 25.3. The molecule has 32 heavy (non-hydrogen) atoms. The number of methoxy groups -OCH3 is 1. The zero-order valence-corrected chi connectivity index (χ0v) is 19.4. The van der Waals surface area contributed by atoms with Gasteiger partial charge in [-0.05, 0) is 75.0 Å². The minimum atomic E-state index is -0.363. The molecule has 3 heterocycles. The van der Waals surface area contributed by atoms with Crippen LogP contribution >= 0.6 is 0 Å². The number of aryl methyl sites for hydroxylation is 1. The Balaban J connectivity index is 1.56. The van der Waals surface area contributed by atoms with E-state index in [1.165, 1.54) is 57.1 Å². The van der Waals surface area contributed by atoms with Crippen LogP contribution in [0.25, 0.3) is 22.2 Å². The molecule has 0 atom stereocenters. The van der Waals surface area contributed by atoms with Gasteiger partial charge in [0.1, 0.15) is 6.61 Å². The van der Waals surface area contributed by atoms with E-state index in [1.807, 2.05) is 0 Å². The molecule has 0 bridgehead atoms. The van der Waals surface area contributed by atoms with Crippen LogP contribution in [0.15, 0.2) is 30.5 Å². The maximum Gasteiger partial charge on any atom is 0.214 e. The van der Waals surface area contributed by atoms with Crippen molar-refractivity contribution in [1.82, 2.24) is 14.9 Å². The Morgan fingerprint density at radius 2 is 2.00 bits per heavy atom. The highest BCUT2D eigenvalue weighted by atomic mass is 19.1. The van der Waals surface area contributed by atoms with E-state index in [1.54, 1.807) is 13.2 Å². The van der Waals surface area contributed by atoms with Crippen LogP contribution in [-0.4, -0.2) is 54.8 Å². The summed E-state index contributed by atoms with van der Waals surface area (Å²) in [5.74, 6) is 0.624. The number of ether oxygens (including phenoxy) is 2. The molecule has 0 radical (unpaired) electrons. The van der Waals surface area contributed by atoms with Crippen molar-refractivity contribution < 1.29 is 13.9 Å². The number of piperidine rings is 1. The first kappa shape index (κ1) is 22.7. The molecular weight excluding hydrogens is 405 g/mol. The van der Waals surface area contributed by atoms with Crippen LogP contribution in [0.3, 0.4) is 0 Å². The number of unbranched alkanes of at least 4 members (excludes halogenated alkanes) is 1. The summed E-state index contributed by atoms with van der Waals surface area (Å²) in [4.78, 5) is 10.1. The van der Waals surface area contributed by atoms with Crippen molar-refractivity contribution >= 4 is 10.9 Å². The van der Waals surface area contributed by atoms with Gasteiger partial charge in [-0.15, -0.1) is 0 Å². The van der Waals surface area contributed by atoms with E-state index in [9.17, 15) is 4.39 Å². The molecule has 0 saturated carbocycles. The van der Waals surface area contributed by atoms with E-state index < -0.39 is 0 Å². The zero-order chi connectivity index (χ0) is 22.5. The maximum atomic E-state index is 14.7. The minimum absolute atomic E-state index is 0.363. The van der Waals surface area contributed by atoms with E-state index in [0.29, 0.717) is 30.6 Å². The molecule has 0 spiro atoms. The third kappa shape index (κ3) is 4.97. The van der Waals surface area contributed by atoms with E-state index in [0.717, 1.165) is 22.2 Å². The fourth-order valence-electron chi connectivity index (χ4n) is 4.66. The second-order valence-electron chi connectivity index (χ2n) is 8.74. The number of H-pyrrole nitrogens is 1. The van der Waals surface area contributed by atoms with Gasteiger partial charge in [-0.3, -0.25) is 0 Å². The Bertz CT molecular complexity index is 1040. The summed E-state index contributed by atoms with van der Waals surface area (Å²) in [5.41, 5.74) is 4.73. The predicted molar refractivity (Wildman–Crippen MR) is 127 cm³/mol. The molecule has 172 valence electrons. The molecule has 3 aromatic rings. The van der Waals surface area contributed by atoms with Crippen molar-refractivity contribution in [3.8, 4) is 17.1 Å². The van der Waals surface area contributed by atoms with Crippen LogP contribution in [0.5, 0.6) is 5.88 Å². The fraction of sp³-hybridized carbons (Fsp3) is 0.500. The highest BCUT2D eigenvalue weighted by Crippen LogP contribution is 2.36. The SMILES string of the molecule is CCCCN1CCC(c2ccc3[nH]c(-c4cc(OCCOC)ncc4F)c(C)c3c2)CC1. The lowest BCUT2D eigenvalue weighted by Gasteiger charge is -2.32. The lowest BCUT2D eigenvalue weighted by Crippen LogP contribution is -2.33. The molecule has 1 aliphatic rings. The van der Waals surface area contributed by atoms with Crippen LogP contribution in [0.4, 0.5) is 4.39 Å². The molecule has 0 amide bonds. The molecule has 1 fully saturated rings. The van der Waals surface area contributed by atoms with E-state index in [-0.39, 0.29) is 5.82 Å². The Morgan fingerprint density at radius 1 is 1.19 bits per heavy atom. The van der Waals surface area contributed by atoms with Gasteiger partial charge in [0.2, 0.25) is 5.88 Å². The Kier molecular flexibility index (Phi) is 7.43. The number of aromatic amines is 1. The van der Waals surface area contributed by atoms with Gasteiger partial charge in [0.05, 0.1) is 18.5 Å². The second kappa shape index (κ2) is 10.5.